The van der Waals surface area contributed by atoms with Crippen molar-refractivity contribution in [2.75, 3.05) is 6.54 Å². The van der Waals surface area contributed by atoms with Gasteiger partial charge in [0.15, 0.2) is 5.78 Å². The quantitative estimate of drug-likeness (QED) is 0.656. The highest BCUT2D eigenvalue weighted by Gasteiger charge is 2.18. The van der Waals surface area contributed by atoms with E-state index in [1.165, 1.54) is 6.92 Å². The van der Waals surface area contributed by atoms with Crippen molar-refractivity contribution in [3.63, 3.8) is 0 Å². The van der Waals surface area contributed by atoms with E-state index in [-0.39, 0.29) is 11.7 Å². The fraction of sp³-hybridized carbons (Fsp3) is 0.200. The highest BCUT2D eigenvalue weighted by molar-refractivity contribution is 7.09. The summed E-state index contributed by atoms with van der Waals surface area (Å²) >= 11 is 1.61. The van der Waals surface area contributed by atoms with Gasteiger partial charge in [-0.3, -0.25) is 9.59 Å². The topological polar surface area (TPSA) is 53.2 Å². The molecule has 0 unspecified atom stereocenters. The van der Waals surface area contributed by atoms with E-state index >= 15 is 0 Å². The molecule has 1 N–H and O–H groups in total. The van der Waals surface area contributed by atoms with Crippen LogP contribution < -0.4 is 0 Å². The van der Waals surface area contributed by atoms with Gasteiger partial charge in [0, 0.05) is 23.2 Å². The van der Waals surface area contributed by atoms with Crippen molar-refractivity contribution in [1.82, 2.24) is 9.88 Å². The summed E-state index contributed by atoms with van der Waals surface area (Å²) in [6.45, 7) is 6.16. The first-order chi connectivity index (χ1) is 9.61. The zero-order valence-electron chi connectivity index (χ0n) is 11.3. The number of rotatable bonds is 6. The molecule has 0 atom stereocenters. The molecule has 0 saturated carbocycles. The number of carbonyl (C=O) groups is 2. The third-order valence-electron chi connectivity index (χ3n) is 2.88. The predicted octanol–water partition coefficient (Wildman–Crippen LogP) is 3.11. The molecular weight excluding hydrogens is 272 g/mol. The van der Waals surface area contributed by atoms with E-state index in [0.29, 0.717) is 24.3 Å². The summed E-state index contributed by atoms with van der Waals surface area (Å²) in [6.07, 6.45) is 3.26. The molecule has 0 radical (unpaired) electrons. The van der Waals surface area contributed by atoms with Crippen LogP contribution in [0.4, 0.5) is 0 Å². The molecule has 0 spiro atoms. The third kappa shape index (κ3) is 3.24. The van der Waals surface area contributed by atoms with Crippen LogP contribution in [0.25, 0.3) is 0 Å². The highest BCUT2D eigenvalue weighted by atomic mass is 32.1. The summed E-state index contributed by atoms with van der Waals surface area (Å²) in [4.78, 5) is 29.4. The van der Waals surface area contributed by atoms with Gasteiger partial charge in [0.25, 0.3) is 5.91 Å². The summed E-state index contributed by atoms with van der Waals surface area (Å²) in [7, 11) is 0. The van der Waals surface area contributed by atoms with Crippen molar-refractivity contribution in [2.24, 2.45) is 0 Å². The number of aromatic nitrogens is 1. The summed E-state index contributed by atoms with van der Waals surface area (Å²) in [5.74, 6) is -0.195. The Morgan fingerprint density at radius 1 is 1.50 bits per heavy atom. The minimum absolute atomic E-state index is 0.0613. The fourth-order valence-electron chi connectivity index (χ4n) is 1.86. The molecule has 5 heteroatoms. The molecule has 104 valence electrons. The van der Waals surface area contributed by atoms with Gasteiger partial charge in [0.2, 0.25) is 0 Å². The number of hydrogen-bond acceptors (Lipinski definition) is 3. The van der Waals surface area contributed by atoms with Gasteiger partial charge in [0.1, 0.15) is 5.69 Å². The first-order valence-corrected chi connectivity index (χ1v) is 7.11. The number of Topliss-reactive ketones (excluding diaryl/α,β-unsaturated/α-hetero) is 1. The molecule has 0 aliphatic heterocycles. The first kappa shape index (κ1) is 14.3. The Bertz CT molecular complexity index is 614. The number of hydrogen-bond donors (Lipinski definition) is 1. The Balaban J connectivity index is 2.17. The van der Waals surface area contributed by atoms with Gasteiger partial charge in [-0.25, -0.2) is 0 Å². The smallest absolute Gasteiger partial charge is 0.270 e. The standard InChI is InChI=1S/C15H16N2O2S/c1-3-6-17(10-13-5-4-7-20-13)15(19)14-8-12(9-16-14)11(2)18/h3-5,7-9,16H,1,6,10H2,2H3. The average molecular weight is 288 g/mol. The molecular formula is C15H16N2O2S. The lowest BCUT2D eigenvalue weighted by atomic mass is 10.2. The number of nitrogens with one attached hydrogen (secondary N) is 1. The van der Waals surface area contributed by atoms with Crippen molar-refractivity contribution in [3.05, 3.63) is 58.6 Å². The van der Waals surface area contributed by atoms with Gasteiger partial charge in [-0.15, -0.1) is 17.9 Å². The molecule has 2 heterocycles. The number of thiophene rings is 1. The molecule has 2 aromatic rings. The molecule has 4 nitrogen and oxygen atoms in total. The highest BCUT2D eigenvalue weighted by Crippen LogP contribution is 2.15. The minimum Gasteiger partial charge on any atom is -0.356 e. The van der Waals surface area contributed by atoms with Crippen LogP contribution in [0.2, 0.25) is 0 Å². The molecule has 0 saturated heterocycles. The largest absolute Gasteiger partial charge is 0.356 e. The molecule has 0 aliphatic rings. The normalized spacial score (nSPS) is 10.2. The van der Waals surface area contributed by atoms with Gasteiger partial charge in [0.05, 0.1) is 6.54 Å². The number of nitrogens with zero attached hydrogens (tertiary/aromatic N) is 1. The number of aromatic amines is 1. The van der Waals surface area contributed by atoms with Crippen molar-refractivity contribution >= 4 is 23.0 Å². The lowest BCUT2D eigenvalue weighted by molar-refractivity contribution is 0.0759. The molecule has 1 amide bonds. The van der Waals surface area contributed by atoms with E-state index in [9.17, 15) is 9.59 Å². The number of H-pyrrole nitrogens is 1. The molecule has 2 rings (SSSR count). The number of amides is 1. The minimum atomic E-state index is -0.134. The molecule has 0 aliphatic carbocycles. The van der Waals surface area contributed by atoms with Crippen molar-refractivity contribution < 1.29 is 9.59 Å². The van der Waals surface area contributed by atoms with Crippen molar-refractivity contribution in [1.29, 1.82) is 0 Å². The van der Waals surface area contributed by atoms with Crippen LogP contribution in [0.15, 0.2) is 42.4 Å². The Hall–Kier alpha value is -2.14. The lowest BCUT2D eigenvalue weighted by Crippen LogP contribution is -2.30. The van der Waals surface area contributed by atoms with E-state index in [4.69, 9.17) is 0 Å². The molecule has 0 fully saturated rings. The second kappa shape index (κ2) is 6.34. The molecule has 20 heavy (non-hydrogen) atoms. The van der Waals surface area contributed by atoms with E-state index in [1.54, 1.807) is 34.6 Å². The van der Waals surface area contributed by atoms with Crippen LogP contribution in [0.3, 0.4) is 0 Å². The van der Waals surface area contributed by atoms with Crippen LogP contribution >= 0.6 is 11.3 Å². The number of ketones is 1. The van der Waals surface area contributed by atoms with Gasteiger partial charge >= 0.3 is 0 Å². The van der Waals surface area contributed by atoms with E-state index in [1.807, 2.05) is 17.5 Å². The van der Waals surface area contributed by atoms with Gasteiger partial charge < -0.3 is 9.88 Å². The monoisotopic (exact) mass is 288 g/mol. The van der Waals surface area contributed by atoms with E-state index in [2.05, 4.69) is 11.6 Å². The second-order valence-corrected chi connectivity index (χ2v) is 5.44. The maximum absolute atomic E-state index is 12.4. The maximum atomic E-state index is 12.4. The van der Waals surface area contributed by atoms with Crippen LogP contribution in [-0.2, 0) is 6.54 Å². The zero-order valence-corrected chi connectivity index (χ0v) is 12.1. The van der Waals surface area contributed by atoms with Crippen LogP contribution in [-0.4, -0.2) is 28.1 Å². The molecule has 0 bridgehead atoms. The predicted molar refractivity (Wildman–Crippen MR) is 80.1 cm³/mol. The summed E-state index contributed by atoms with van der Waals surface area (Å²) in [6, 6.07) is 5.54. The fourth-order valence-corrected chi connectivity index (χ4v) is 2.58. The van der Waals surface area contributed by atoms with Gasteiger partial charge in [-0.05, 0) is 24.4 Å². The second-order valence-electron chi connectivity index (χ2n) is 4.41. The summed E-state index contributed by atoms with van der Waals surface area (Å²) in [5.41, 5.74) is 0.941. The maximum Gasteiger partial charge on any atom is 0.270 e. The van der Waals surface area contributed by atoms with E-state index < -0.39 is 0 Å². The van der Waals surface area contributed by atoms with Crippen LogP contribution in [0.1, 0.15) is 32.6 Å². The zero-order chi connectivity index (χ0) is 14.5. The van der Waals surface area contributed by atoms with Gasteiger partial charge in [-0.1, -0.05) is 12.1 Å². The van der Waals surface area contributed by atoms with Crippen molar-refractivity contribution in [3.8, 4) is 0 Å². The Labute approximate surface area is 121 Å². The molecule has 0 aromatic carbocycles. The SMILES string of the molecule is C=CCN(Cc1cccs1)C(=O)c1cc(C(C)=O)c[nH]1. The first-order valence-electron chi connectivity index (χ1n) is 6.23. The Morgan fingerprint density at radius 3 is 2.85 bits per heavy atom. The average Bonchev–Trinajstić information content (AvgIpc) is 3.08. The molecule has 2 aromatic heterocycles. The third-order valence-corrected chi connectivity index (χ3v) is 3.74. The summed E-state index contributed by atoms with van der Waals surface area (Å²) in [5, 5.41) is 1.98. The Kier molecular flexibility index (Phi) is 4.53. The lowest BCUT2D eigenvalue weighted by Gasteiger charge is -2.19. The van der Waals surface area contributed by atoms with Gasteiger partial charge in [-0.2, -0.15) is 0 Å². The van der Waals surface area contributed by atoms with Crippen LogP contribution in [0.5, 0.6) is 0 Å². The number of carbonyl (C=O) groups excluding carboxylic acids is 2. The van der Waals surface area contributed by atoms with Crippen molar-refractivity contribution in [2.45, 2.75) is 13.5 Å². The van der Waals surface area contributed by atoms with Crippen LogP contribution in [0, 0.1) is 0 Å². The van der Waals surface area contributed by atoms with E-state index in [0.717, 1.165) is 4.88 Å². The summed E-state index contributed by atoms with van der Waals surface area (Å²) < 4.78 is 0. The Morgan fingerprint density at radius 2 is 2.30 bits per heavy atom.